The number of aryl methyl sites for hydroxylation is 2. The summed E-state index contributed by atoms with van der Waals surface area (Å²) in [4.78, 5) is 20.4. The molecule has 200 valence electrons. The molecule has 8 nitrogen and oxygen atoms in total. The highest BCUT2D eigenvalue weighted by atomic mass is 19.3. The van der Waals surface area contributed by atoms with Gasteiger partial charge in [0.2, 0.25) is 0 Å². The van der Waals surface area contributed by atoms with Crippen molar-refractivity contribution in [3.63, 3.8) is 0 Å². The van der Waals surface area contributed by atoms with Crippen LogP contribution in [0.1, 0.15) is 18.2 Å². The Morgan fingerprint density at radius 1 is 0.975 bits per heavy atom. The molecule has 40 heavy (non-hydrogen) atoms. The first kappa shape index (κ1) is 24.5. The molecular formula is C30H26F2N8. The minimum absolute atomic E-state index is 0.178. The number of fused-ring (bicyclic) bond motifs is 2. The first-order chi connectivity index (χ1) is 19.4. The van der Waals surface area contributed by atoms with Gasteiger partial charge in [-0.05, 0) is 49.2 Å². The average molecular weight is 537 g/mol. The highest BCUT2D eigenvalue weighted by Gasteiger charge is 2.43. The Bertz CT molecular complexity index is 1860. The van der Waals surface area contributed by atoms with Gasteiger partial charge in [-0.15, -0.1) is 0 Å². The minimum Gasteiger partial charge on any atom is -0.337 e. The molecule has 0 aliphatic carbocycles. The van der Waals surface area contributed by atoms with Gasteiger partial charge >= 0.3 is 0 Å². The molecule has 0 atom stereocenters. The molecule has 6 aromatic rings. The second-order valence-corrected chi connectivity index (χ2v) is 10.3. The summed E-state index contributed by atoms with van der Waals surface area (Å²) in [5.74, 6) is -2.56. The quantitative estimate of drug-likeness (QED) is 0.274. The number of benzene rings is 1. The number of nitrogens with zero attached hydrogens (tertiary/aromatic N) is 8. The molecule has 10 heteroatoms. The summed E-state index contributed by atoms with van der Waals surface area (Å²) in [6, 6.07) is 16.0. The summed E-state index contributed by atoms with van der Waals surface area (Å²) in [6.45, 7) is 5.01. The van der Waals surface area contributed by atoms with Crippen LogP contribution < -0.4 is 0 Å². The standard InChI is InChI=1S/C30H26F2N8/c1-3-38-15-25(35-18-38)28-24(11-22-5-4-10-33-29(22)36-28)26-13-34-27-12-23(19(2)37-40(26)27)21-8-6-20(7-9-21)14-39-16-30(31,32)17-39/h4-13,15,18H,3,14,16-17H2,1-2H3. The fraction of sp³-hybridized carbons (Fsp3) is 0.233. The number of halogens is 2. The Morgan fingerprint density at radius 2 is 1.80 bits per heavy atom. The van der Waals surface area contributed by atoms with E-state index >= 15 is 0 Å². The molecule has 0 saturated carbocycles. The van der Waals surface area contributed by atoms with Crippen LogP contribution in [0.3, 0.4) is 0 Å². The van der Waals surface area contributed by atoms with Crippen molar-refractivity contribution in [2.75, 3.05) is 13.1 Å². The molecule has 1 aromatic carbocycles. The average Bonchev–Trinajstić information content (AvgIpc) is 3.58. The number of aromatic nitrogens is 7. The van der Waals surface area contributed by atoms with E-state index in [0.717, 1.165) is 57.0 Å². The molecule has 0 N–H and O–H groups in total. The lowest BCUT2D eigenvalue weighted by molar-refractivity contribution is -0.133. The van der Waals surface area contributed by atoms with Gasteiger partial charge in [0.25, 0.3) is 5.92 Å². The fourth-order valence-electron chi connectivity index (χ4n) is 5.30. The molecule has 0 bridgehead atoms. The maximum atomic E-state index is 13.2. The number of hydrogen-bond acceptors (Lipinski definition) is 6. The van der Waals surface area contributed by atoms with Gasteiger partial charge in [0.15, 0.2) is 11.3 Å². The van der Waals surface area contributed by atoms with Crippen LogP contribution in [0.5, 0.6) is 0 Å². The van der Waals surface area contributed by atoms with E-state index in [2.05, 4.69) is 23.0 Å². The molecule has 5 aromatic heterocycles. The molecule has 0 unspecified atom stereocenters. The number of pyridine rings is 2. The molecule has 6 heterocycles. The van der Waals surface area contributed by atoms with E-state index in [9.17, 15) is 8.78 Å². The number of rotatable bonds is 6. The lowest BCUT2D eigenvalue weighted by atomic mass is 10.0. The van der Waals surface area contributed by atoms with Gasteiger partial charge in [-0.3, -0.25) is 4.90 Å². The third-order valence-corrected chi connectivity index (χ3v) is 7.37. The van der Waals surface area contributed by atoms with Gasteiger partial charge in [-0.1, -0.05) is 24.3 Å². The van der Waals surface area contributed by atoms with Gasteiger partial charge in [0, 0.05) is 42.0 Å². The first-order valence-corrected chi connectivity index (χ1v) is 13.2. The number of hydrogen-bond donors (Lipinski definition) is 0. The fourth-order valence-corrected chi connectivity index (χ4v) is 5.30. The highest BCUT2D eigenvalue weighted by molar-refractivity contribution is 5.89. The predicted molar refractivity (Wildman–Crippen MR) is 149 cm³/mol. The van der Waals surface area contributed by atoms with E-state index in [-0.39, 0.29) is 13.1 Å². The van der Waals surface area contributed by atoms with Crippen molar-refractivity contribution in [3.8, 4) is 33.8 Å². The van der Waals surface area contributed by atoms with E-state index < -0.39 is 5.92 Å². The summed E-state index contributed by atoms with van der Waals surface area (Å²) in [5.41, 5.74) is 8.33. The van der Waals surface area contributed by atoms with Crippen LogP contribution in [0.2, 0.25) is 0 Å². The normalized spacial score (nSPS) is 15.1. The second-order valence-electron chi connectivity index (χ2n) is 10.3. The molecule has 1 saturated heterocycles. The Hall–Kier alpha value is -4.57. The van der Waals surface area contributed by atoms with Crippen molar-refractivity contribution in [1.82, 2.24) is 39.0 Å². The second kappa shape index (κ2) is 9.27. The SMILES string of the molecule is CCn1cnc(-c2nc3ncccc3cc2-c2cnc3cc(-c4ccc(CN5CC(F)(F)C5)cc4)c(C)nn23)c1. The third kappa shape index (κ3) is 4.30. The van der Waals surface area contributed by atoms with Gasteiger partial charge in [-0.2, -0.15) is 5.10 Å². The van der Waals surface area contributed by atoms with E-state index in [1.54, 1.807) is 17.4 Å². The molecule has 1 aliphatic heterocycles. The third-order valence-electron chi connectivity index (χ3n) is 7.37. The molecule has 1 aliphatic rings. The smallest absolute Gasteiger partial charge is 0.272 e. The van der Waals surface area contributed by atoms with Gasteiger partial charge < -0.3 is 4.57 Å². The van der Waals surface area contributed by atoms with E-state index in [0.29, 0.717) is 17.8 Å². The topological polar surface area (TPSA) is 77.0 Å². The summed E-state index contributed by atoms with van der Waals surface area (Å²) < 4.78 is 30.2. The largest absolute Gasteiger partial charge is 0.337 e. The van der Waals surface area contributed by atoms with Crippen molar-refractivity contribution in [2.45, 2.75) is 32.9 Å². The first-order valence-electron chi connectivity index (χ1n) is 13.2. The number of likely N-dealkylation sites (tertiary alicyclic amines) is 1. The van der Waals surface area contributed by atoms with Crippen molar-refractivity contribution >= 4 is 16.7 Å². The minimum atomic E-state index is -2.56. The maximum Gasteiger partial charge on any atom is 0.272 e. The number of imidazole rings is 2. The lowest BCUT2D eigenvalue weighted by Gasteiger charge is -2.38. The molecule has 0 radical (unpaired) electrons. The number of alkyl halides is 2. The lowest BCUT2D eigenvalue weighted by Crippen LogP contribution is -2.55. The zero-order valence-corrected chi connectivity index (χ0v) is 22.1. The van der Waals surface area contributed by atoms with Crippen LogP contribution in [-0.4, -0.2) is 58.0 Å². The summed E-state index contributed by atoms with van der Waals surface area (Å²) in [7, 11) is 0. The van der Waals surface area contributed by atoms with Gasteiger partial charge in [-0.25, -0.2) is 33.2 Å². The van der Waals surface area contributed by atoms with Crippen molar-refractivity contribution in [1.29, 1.82) is 0 Å². The van der Waals surface area contributed by atoms with E-state index in [1.165, 1.54) is 0 Å². The molecule has 0 amide bonds. The maximum absolute atomic E-state index is 13.2. The summed E-state index contributed by atoms with van der Waals surface area (Å²) in [5, 5.41) is 5.85. The van der Waals surface area contributed by atoms with E-state index in [1.807, 2.05) is 70.9 Å². The summed E-state index contributed by atoms with van der Waals surface area (Å²) >= 11 is 0. The van der Waals surface area contributed by atoms with E-state index in [4.69, 9.17) is 15.1 Å². The van der Waals surface area contributed by atoms with Crippen LogP contribution in [0.15, 0.2) is 73.4 Å². The Morgan fingerprint density at radius 3 is 2.55 bits per heavy atom. The van der Waals surface area contributed by atoms with Gasteiger partial charge in [0.05, 0.1) is 37.0 Å². The zero-order valence-electron chi connectivity index (χ0n) is 22.1. The summed E-state index contributed by atoms with van der Waals surface area (Å²) in [6.07, 6.45) is 7.34. The Balaban J connectivity index is 1.27. The van der Waals surface area contributed by atoms with Crippen LogP contribution in [0, 0.1) is 6.92 Å². The molecule has 1 fully saturated rings. The molecule has 7 rings (SSSR count). The van der Waals surface area contributed by atoms with Crippen LogP contribution >= 0.6 is 0 Å². The van der Waals surface area contributed by atoms with Crippen molar-refractivity contribution < 1.29 is 8.78 Å². The van der Waals surface area contributed by atoms with Crippen LogP contribution in [0.25, 0.3) is 50.5 Å². The van der Waals surface area contributed by atoms with Crippen molar-refractivity contribution in [3.05, 3.63) is 84.7 Å². The molecule has 0 spiro atoms. The zero-order chi connectivity index (χ0) is 27.4. The van der Waals surface area contributed by atoms with Gasteiger partial charge in [0.1, 0.15) is 11.4 Å². The monoisotopic (exact) mass is 536 g/mol. The Labute approximate surface area is 229 Å². The van der Waals surface area contributed by atoms with Crippen LogP contribution in [-0.2, 0) is 13.1 Å². The molecular weight excluding hydrogens is 510 g/mol. The predicted octanol–water partition coefficient (Wildman–Crippen LogP) is 5.65. The van der Waals surface area contributed by atoms with Crippen molar-refractivity contribution in [2.24, 2.45) is 0 Å². The Kier molecular flexibility index (Phi) is 5.67. The highest BCUT2D eigenvalue weighted by Crippen LogP contribution is 2.34. The van der Waals surface area contributed by atoms with Crippen LogP contribution in [0.4, 0.5) is 8.78 Å².